The van der Waals surface area contributed by atoms with Crippen molar-refractivity contribution in [1.29, 1.82) is 5.26 Å². The molecule has 1 aromatic carbocycles. The van der Waals surface area contributed by atoms with Crippen LogP contribution in [0.1, 0.15) is 26.3 Å². The number of nitrogens with zero attached hydrogens (tertiary/aromatic N) is 3. The fourth-order valence-electron chi connectivity index (χ4n) is 1.98. The third-order valence-electron chi connectivity index (χ3n) is 3.12. The van der Waals surface area contributed by atoms with E-state index in [1.807, 2.05) is 51.1 Å². The first kappa shape index (κ1) is 11.5. The molecule has 17 heavy (non-hydrogen) atoms. The van der Waals surface area contributed by atoms with Gasteiger partial charge in [0.1, 0.15) is 5.92 Å². The fraction of sp³-hybridized carbons (Fsp3) is 0.357. The molecule has 0 amide bonds. The number of hydrogen-bond acceptors (Lipinski definition) is 3. The van der Waals surface area contributed by atoms with E-state index in [2.05, 4.69) is 16.3 Å². The largest absolute Gasteiger partial charge is 0.197 e. The third-order valence-corrected chi connectivity index (χ3v) is 3.12. The lowest BCUT2D eigenvalue weighted by atomic mass is 9.86. The third kappa shape index (κ3) is 1.99. The van der Waals surface area contributed by atoms with Gasteiger partial charge in [-0.15, -0.1) is 0 Å². The molecule has 3 nitrogen and oxygen atoms in total. The summed E-state index contributed by atoms with van der Waals surface area (Å²) in [6, 6.07) is 12.3. The number of rotatable bonds is 1. The van der Waals surface area contributed by atoms with Crippen LogP contribution in [0.5, 0.6) is 0 Å². The fourth-order valence-corrected chi connectivity index (χ4v) is 1.98. The van der Waals surface area contributed by atoms with Gasteiger partial charge in [-0.25, -0.2) is 0 Å². The highest BCUT2D eigenvalue weighted by molar-refractivity contribution is 5.68. The summed E-state index contributed by atoms with van der Waals surface area (Å²) in [6.07, 6.45) is 0. The van der Waals surface area contributed by atoms with Crippen molar-refractivity contribution < 1.29 is 0 Å². The maximum atomic E-state index is 9.26. The summed E-state index contributed by atoms with van der Waals surface area (Å²) in [5.74, 6) is -0.261. The van der Waals surface area contributed by atoms with E-state index in [4.69, 9.17) is 0 Å². The van der Waals surface area contributed by atoms with Crippen molar-refractivity contribution in [3.05, 3.63) is 41.6 Å². The summed E-state index contributed by atoms with van der Waals surface area (Å²) >= 11 is 0. The zero-order valence-corrected chi connectivity index (χ0v) is 10.3. The van der Waals surface area contributed by atoms with Gasteiger partial charge in [0.15, 0.2) is 0 Å². The molecule has 0 spiro atoms. The van der Waals surface area contributed by atoms with Crippen molar-refractivity contribution in [2.45, 2.75) is 26.3 Å². The second-order valence-corrected chi connectivity index (χ2v) is 4.79. The Hall–Kier alpha value is -1.95. The van der Waals surface area contributed by atoms with Crippen LogP contribution in [0.3, 0.4) is 0 Å². The van der Waals surface area contributed by atoms with E-state index in [1.165, 1.54) is 0 Å². The minimum atomic E-state index is -0.417. The summed E-state index contributed by atoms with van der Waals surface area (Å²) in [6.45, 7) is 5.88. The van der Waals surface area contributed by atoms with Gasteiger partial charge < -0.3 is 0 Å². The molecule has 1 aliphatic rings. The van der Waals surface area contributed by atoms with Crippen molar-refractivity contribution in [2.24, 2.45) is 16.1 Å². The smallest absolute Gasteiger partial charge is 0.117 e. The molecule has 0 N–H and O–H groups in total. The minimum absolute atomic E-state index is 0.261. The molecule has 0 fully saturated rings. The molecular formula is C14H15N3. The van der Waals surface area contributed by atoms with E-state index in [-0.39, 0.29) is 5.92 Å². The summed E-state index contributed by atoms with van der Waals surface area (Å²) < 4.78 is 0. The molecule has 0 aromatic heterocycles. The van der Waals surface area contributed by atoms with Gasteiger partial charge in [0.2, 0.25) is 0 Å². The van der Waals surface area contributed by atoms with Gasteiger partial charge in [0.05, 0.1) is 17.3 Å². The van der Waals surface area contributed by atoms with Gasteiger partial charge in [-0.2, -0.15) is 15.5 Å². The molecule has 86 valence electrons. The summed E-state index contributed by atoms with van der Waals surface area (Å²) in [7, 11) is 0. The Labute approximate surface area is 101 Å². The average Bonchev–Trinajstić information content (AvgIpc) is 2.64. The Bertz CT molecular complexity index is 518. The summed E-state index contributed by atoms with van der Waals surface area (Å²) in [4.78, 5) is 0. The van der Waals surface area contributed by atoms with E-state index in [0.29, 0.717) is 0 Å². The Kier molecular flexibility index (Phi) is 2.81. The van der Waals surface area contributed by atoms with Crippen LogP contribution in [-0.4, -0.2) is 5.54 Å². The summed E-state index contributed by atoms with van der Waals surface area (Å²) in [5.41, 5.74) is 2.51. The van der Waals surface area contributed by atoms with Crippen LogP contribution in [0.25, 0.3) is 5.57 Å². The van der Waals surface area contributed by atoms with Crippen LogP contribution in [0, 0.1) is 17.2 Å². The number of azo groups is 1. The van der Waals surface area contributed by atoms with Crippen LogP contribution in [-0.2, 0) is 0 Å². The molecule has 3 heteroatoms. The summed E-state index contributed by atoms with van der Waals surface area (Å²) in [5, 5.41) is 17.7. The standard InChI is InChI=1S/C14H15N3/c1-10(11-7-5-4-6-8-11)13-12(9-15)14(2,3)17-16-13/h4-8,12H,1-3H3/b13-10-. The van der Waals surface area contributed by atoms with Gasteiger partial charge in [-0.05, 0) is 31.9 Å². The minimum Gasteiger partial charge on any atom is -0.197 e. The average molecular weight is 225 g/mol. The van der Waals surface area contributed by atoms with Crippen LogP contribution in [0.2, 0.25) is 0 Å². The number of allylic oxidation sites excluding steroid dienone is 1. The first-order chi connectivity index (χ1) is 8.06. The predicted molar refractivity (Wildman–Crippen MR) is 67.1 cm³/mol. The molecule has 1 aromatic rings. The number of hydrogen-bond donors (Lipinski definition) is 0. The number of benzene rings is 1. The van der Waals surface area contributed by atoms with Gasteiger partial charge in [-0.3, -0.25) is 0 Å². The van der Waals surface area contributed by atoms with Crippen molar-refractivity contribution >= 4 is 5.57 Å². The molecule has 0 saturated carbocycles. The Morgan fingerprint density at radius 3 is 2.53 bits per heavy atom. The van der Waals surface area contributed by atoms with E-state index in [1.54, 1.807) is 0 Å². The van der Waals surface area contributed by atoms with Crippen molar-refractivity contribution in [3.8, 4) is 6.07 Å². The maximum absolute atomic E-state index is 9.26. The van der Waals surface area contributed by atoms with Crippen molar-refractivity contribution in [2.75, 3.05) is 0 Å². The van der Waals surface area contributed by atoms with Gasteiger partial charge >= 0.3 is 0 Å². The molecular weight excluding hydrogens is 210 g/mol. The molecule has 0 saturated heterocycles. The normalized spacial score (nSPS) is 24.5. The van der Waals surface area contributed by atoms with E-state index < -0.39 is 5.54 Å². The van der Waals surface area contributed by atoms with Crippen LogP contribution in [0.4, 0.5) is 0 Å². The lowest BCUT2D eigenvalue weighted by Crippen LogP contribution is -2.24. The lowest BCUT2D eigenvalue weighted by molar-refractivity contribution is 0.467. The molecule has 1 atom stereocenters. The zero-order valence-electron chi connectivity index (χ0n) is 10.3. The van der Waals surface area contributed by atoms with Gasteiger partial charge in [-0.1, -0.05) is 30.3 Å². The van der Waals surface area contributed by atoms with Crippen LogP contribution in [0.15, 0.2) is 46.3 Å². The number of nitriles is 1. The molecule has 0 radical (unpaired) electrons. The van der Waals surface area contributed by atoms with E-state index >= 15 is 0 Å². The molecule has 2 rings (SSSR count). The molecule has 1 heterocycles. The molecule has 1 unspecified atom stereocenters. The van der Waals surface area contributed by atoms with Crippen LogP contribution < -0.4 is 0 Å². The first-order valence-electron chi connectivity index (χ1n) is 5.65. The second-order valence-electron chi connectivity index (χ2n) is 4.79. The topological polar surface area (TPSA) is 48.5 Å². The SMILES string of the molecule is C/C(=C1/N=NC(C)(C)C1C#N)c1ccccc1. The maximum Gasteiger partial charge on any atom is 0.117 e. The van der Waals surface area contributed by atoms with Crippen LogP contribution >= 0.6 is 0 Å². The second kappa shape index (κ2) is 4.14. The zero-order chi connectivity index (χ0) is 12.5. The first-order valence-corrected chi connectivity index (χ1v) is 5.65. The van der Waals surface area contributed by atoms with Gasteiger partial charge in [0, 0.05) is 0 Å². The highest BCUT2D eigenvalue weighted by atomic mass is 15.2. The lowest BCUT2D eigenvalue weighted by Gasteiger charge is -2.17. The van der Waals surface area contributed by atoms with E-state index in [0.717, 1.165) is 16.8 Å². The Morgan fingerprint density at radius 1 is 1.29 bits per heavy atom. The molecule has 1 aliphatic heterocycles. The van der Waals surface area contributed by atoms with Crippen molar-refractivity contribution in [1.82, 2.24) is 0 Å². The monoisotopic (exact) mass is 225 g/mol. The quantitative estimate of drug-likeness (QED) is 0.717. The highest BCUT2D eigenvalue weighted by Gasteiger charge is 2.38. The Morgan fingerprint density at radius 2 is 1.94 bits per heavy atom. The van der Waals surface area contributed by atoms with E-state index in [9.17, 15) is 5.26 Å². The molecule has 0 aliphatic carbocycles. The van der Waals surface area contributed by atoms with Gasteiger partial charge in [0.25, 0.3) is 0 Å². The Balaban J connectivity index is 2.48. The molecule has 0 bridgehead atoms. The van der Waals surface area contributed by atoms with Crippen molar-refractivity contribution in [3.63, 3.8) is 0 Å². The predicted octanol–water partition coefficient (Wildman–Crippen LogP) is 3.80. The highest BCUT2D eigenvalue weighted by Crippen LogP contribution is 2.39.